The van der Waals surface area contributed by atoms with Crippen LogP contribution in [0.15, 0.2) is 6.20 Å². The normalized spacial score (nSPS) is 14.3. The maximum absolute atomic E-state index is 12.5. The van der Waals surface area contributed by atoms with Gasteiger partial charge in [0.05, 0.1) is 0 Å². The third kappa shape index (κ3) is 3.23. The second-order valence-electron chi connectivity index (χ2n) is 3.69. The van der Waals surface area contributed by atoms with Crippen molar-refractivity contribution < 1.29 is 13.2 Å². The highest BCUT2D eigenvalue weighted by Crippen LogP contribution is 2.31. The molecule has 0 aliphatic heterocycles. The predicted octanol–water partition coefficient (Wildman–Crippen LogP) is 1.72. The van der Waals surface area contributed by atoms with Gasteiger partial charge in [0.1, 0.15) is 0 Å². The third-order valence-corrected chi connectivity index (χ3v) is 2.04. The zero-order chi connectivity index (χ0) is 11.6. The van der Waals surface area contributed by atoms with Crippen molar-refractivity contribution in [2.24, 2.45) is 12.8 Å². The SMILES string of the molecule is CC(N)CCc1cn(C)nc1C(F)(F)F. The molecule has 2 N–H and O–H groups in total. The molecule has 0 amide bonds. The van der Waals surface area contributed by atoms with Gasteiger partial charge in [0, 0.05) is 24.8 Å². The van der Waals surface area contributed by atoms with E-state index in [-0.39, 0.29) is 11.6 Å². The monoisotopic (exact) mass is 221 g/mol. The highest BCUT2D eigenvalue weighted by Gasteiger charge is 2.36. The maximum atomic E-state index is 12.5. The van der Waals surface area contributed by atoms with Crippen molar-refractivity contribution in [3.05, 3.63) is 17.5 Å². The van der Waals surface area contributed by atoms with E-state index in [0.29, 0.717) is 12.8 Å². The summed E-state index contributed by atoms with van der Waals surface area (Å²) in [5, 5.41) is 3.41. The average molecular weight is 221 g/mol. The lowest BCUT2D eigenvalue weighted by molar-refractivity contribution is -0.142. The van der Waals surface area contributed by atoms with Crippen LogP contribution in [-0.2, 0) is 19.6 Å². The van der Waals surface area contributed by atoms with Crippen LogP contribution in [0.1, 0.15) is 24.6 Å². The first-order valence-corrected chi connectivity index (χ1v) is 4.66. The summed E-state index contributed by atoms with van der Waals surface area (Å²) in [6, 6.07) is -0.105. The van der Waals surface area contributed by atoms with Crippen LogP contribution in [0, 0.1) is 0 Å². The van der Waals surface area contributed by atoms with E-state index in [1.807, 2.05) is 0 Å². The van der Waals surface area contributed by atoms with Gasteiger partial charge in [0.25, 0.3) is 0 Å². The fourth-order valence-electron chi connectivity index (χ4n) is 1.34. The van der Waals surface area contributed by atoms with E-state index in [0.717, 1.165) is 0 Å². The quantitative estimate of drug-likeness (QED) is 0.844. The molecule has 0 saturated heterocycles. The van der Waals surface area contributed by atoms with E-state index in [2.05, 4.69) is 5.10 Å². The standard InChI is InChI=1S/C9H14F3N3/c1-6(13)3-4-7-5-15(2)14-8(7)9(10,11)12/h5-6H,3-4,13H2,1-2H3. The van der Waals surface area contributed by atoms with Crippen LogP contribution >= 0.6 is 0 Å². The Morgan fingerprint density at radius 3 is 2.60 bits per heavy atom. The highest BCUT2D eigenvalue weighted by molar-refractivity contribution is 5.20. The lowest BCUT2D eigenvalue weighted by Gasteiger charge is -2.07. The van der Waals surface area contributed by atoms with E-state index in [1.165, 1.54) is 17.9 Å². The second kappa shape index (κ2) is 4.22. The Balaban J connectivity index is 2.87. The van der Waals surface area contributed by atoms with Crippen LogP contribution in [0.5, 0.6) is 0 Å². The van der Waals surface area contributed by atoms with Crippen LogP contribution < -0.4 is 5.73 Å². The zero-order valence-corrected chi connectivity index (χ0v) is 8.67. The first kappa shape index (κ1) is 12.0. The van der Waals surface area contributed by atoms with Crippen molar-refractivity contribution in [1.82, 2.24) is 9.78 Å². The number of hydrogen-bond donors (Lipinski definition) is 1. The summed E-state index contributed by atoms with van der Waals surface area (Å²) in [7, 11) is 1.48. The topological polar surface area (TPSA) is 43.8 Å². The fourth-order valence-corrected chi connectivity index (χ4v) is 1.34. The molecule has 1 aromatic heterocycles. The molecule has 0 bridgehead atoms. The van der Waals surface area contributed by atoms with E-state index < -0.39 is 11.9 Å². The molecule has 86 valence electrons. The molecular weight excluding hydrogens is 207 g/mol. The number of nitrogens with zero attached hydrogens (tertiary/aromatic N) is 2. The lowest BCUT2D eigenvalue weighted by atomic mass is 10.1. The third-order valence-electron chi connectivity index (χ3n) is 2.04. The minimum Gasteiger partial charge on any atom is -0.328 e. The van der Waals surface area contributed by atoms with Gasteiger partial charge in [-0.25, -0.2) is 0 Å². The Kier molecular flexibility index (Phi) is 3.38. The molecule has 0 saturated carbocycles. The first-order valence-electron chi connectivity index (χ1n) is 4.66. The van der Waals surface area contributed by atoms with E-state index in [1.54, 1.807) is 6.92 Å². The van der Waals surface area contributed by atoms with Gasteiger partial charge in [-0.2, -0.15) is 18.3 Å². The summed E-state index contributed by atoms with van der Waals surface area (Å²) in [5.74, 6) is 0. The van der Waals surface area contributed by atoms with Crippen LogP contribution in [0.4, 0.5) is 13.2 Å². The number of alkyl halides is 3. The molecule has 15 heavy (non-hydrogen) atoms. The van der Waals surface area contributed by atoms with Gasteiger partial charge in [-0.3, -0.25) is 4.68 Å². The molecule has 1 aromatic rings. The Morgan fingerprint density at radius 1 is 1.53 bits per heavy atom. The molecule has 3 nitrogen and oxygen atoms in total. The minimum absolute atomic E-state index is 0.105. The Labute approximate surface area is 86.1 Å². The average Bonchev–Trinajstić information content (AvgIpc) is 2.42. The number of hydrogen-bond acceptors (Lipinski definition) is 2. The van der Waals surface area contributed by atoms with Crippen molar-refractivity contribution in [3.8, 4) is 0 Å². The first-order chi connectivity index (χ1) is 6.80. The summed E-state index contributed by atoms with van der Waals surface area (Å²) < 4.78 is 38.6. The summed E-state index contributed by atoms with van der Waals surface area (Å²) in [4.78, 5) is 0. The molecule has 0 fully saturated rings. The molecule has 0 radical (unpaired) electrons. The number of aromatic nitrogens is 2. The van der Waals surface area contributed by atoms with Crippen molar-refractivity contribution in [2.45, 2.75) is 32.0 Å². The molecule has 1 heterocycles. The number of aryl methyl sites for hydroxylation is 2. The Morgan fingerprint density at radius 2 is 2.13 bits per heavy atom. The Bertz CT molecular complexity index is 328. The summed E-state index contributed by atoms with van der Waals surface area (Å²) in [6.07, 6.45) is -2.16. The maximum Gasteiger partial charge on any atom is 0.435 e. The van der Waals surface area contributed by atoms with Crippen molar-refractivity contribution in [1.29, 1.82) is 0 Å². The van der Waals surface area contributed by atoms with Crippen LogP contribution in [0.3, 0.4) is 0 Å². The van der Waals surface area contributed by atoms with Crippen molar-refractivity contribution in [3.63, 3.8) is 0 Å². The smallest absolute Gasteiger partial charge is 0.328 e. The zero-order valence-electron chi connectivity index (χ0n) is 8.67. The minimum atomic E-state index is -4.38. The molecule has 0 aromatic carbocycles. The largest absolute Gasteiger partial charge is 0.435 e. The van der Waals surface area contributed by atoms with Crippen molar-refractivity contribution >= 4 is 0 Å². The summed E-state index contributed by atoms with van der Waals surface area (Å²) in [6.45, 7) is 1.77. The molecule has 0 aliphatic carbocycles. The summed E-state index contributed by atoms with van der Waals surface area (Å²) in [5.41, 5.74) is 4.91. The molecule has 1 unspecified atom stereocenters. The Hall–Kier alpha value is -1.04. The number of halogens is 3. The van der Waals surface area contributed by atoms with E-state index >= 15 is 0 Å². The lowest BCUT2D eigenvalue weighted by Crippen LogP contribution is -2.16. The van der Waals surface area contributed by atoms with Gasteiger partial charge in [0.15, 0.2) is 5.69 Å². The van der Waals surface area contributed by atoms with Crippen LogP contribution in [-0.4, -0.2) is 15.8 Å². The molecule has 1 rings (SSSR count). The number of nitrogens with two attached hydrogens (primary N) is 1. The van der Waals surface area contributed by atoms with Crippen molar-refractivity contribution in [2.75, 3.05) is 0 Å². The molecule has 0 spiro atoms. The highest BCUT2D eigenvalue weighted by atomic mass is 19.4. The van der Waals surface area contributed by atoms with E-state index in [4.69, 9.17) is 5.73 Å². The van der Waals surface area contributed by atoms with Gasteiger partial charge in [0.2, 0.25) is 0 Å². The van der Waals surface area contributed by atoms with Crippen LogP contribution in [0.2, 0.25) is 0 Å². The predicted molar refractivity (Wildman–Crippen MR) is 50.2 cm³/mol. The molecule has 0 aliphatic rings. The van der Waals surface area contributed by atoms with Gasteiger partial charge in [-0.1, -0.05) is 0 Å². The van der Waals surface area contributed by atoms with Gasteiger partial charge >= 0.3 is 6.18 Å². The molecular formula is C9H14F3N3. The van der Waals surface area contributed by atoms with Gasteiger partial charge in [-0.05, 0) is 19.8 Å². The number of rotatable bonds is 3. The van der Waals surface area contributed by atoms with Gasteiger partial charge in [-0.15, -0.1) is 0 Å². The van der Waals surface area contributed by atoms with Crippen LogP contribution in [0.25, 0.3) is 0 Å². The van der Waals surface area contributed by atoms with Gasteiger partial charge < -0.3 is 5.73 Å². The molecule has 1 atom stereocenters. The second-order valence-corrected chi connectivity index (χ2v) is 3.69. The summed E-state index contributed by atoms with van der Waals surface area (Å²) >= 11 is 0. The fraction of sp³-hybridized carbons (Fsp3) is 0.667. The van der Waals surface area contributed by atoms with E-state index in [9.17, 15) is 13.2 Å². The molecule has 6 heteroatoms.